The molecule has 0 fully saturated rings. The van der Waals surface area contributed by atoms with E-state index in [4.69, 9.17) is 14.5 Å². The largest absolute Gasteiger partial charge is 0.493 e. The number of aromatic nitrogens is 2. The topological polar surface area (TPSA) is 35.8 Å². The van der Waals surface area contributed by atoms with Gasteiger partial charge >= 0.3 is 0 Å². The molecule has 5 rings (SSSR count). The molecule has 0 aliphatic rings. The third kappa shape index (κ3) is 4.01. The zero-order valence-corrected chi connectivity index (χ0v) is 17.2. The number of pyridine rings is 1. The molecule has 0 spiro atoms. The highest BCUT2D eigenvalue weighted by atomic mass is 16.5. The standard InChI is InChI=1S/C27H22N2O2/c1-30-26-16-22(12-14-25(26)31-19-20-8-4-2-5-9-20)24-18-29-17-23(13-15-27(29)28-24)21-10-6-3-7-11-21/h2-18H,19H2,1H3. The van der Waals surface area contributed by atoms with Gasteiger partial charge in [-0.3, -0.25) is 0 Å². The van der Waals surface area contributed by atoms with Gasteiger partial charge in [-0.1, -0.05) is 60.7 Å². The molecule has 5 aromatic rings. The Morgan fingerprint density at radius 1 is 0.710 bits per heavy atom. The molecule has 0 radical (unpaired) electrons. The second kappa shape index (κ2) is 8.36. The van der Waals surface area contributed by atoms with Crippen molar-refractivity contribution in [2.75, 3.05) is 7.11 Å². The van der Waals surface area contributed by atoms with Crippen LogP contribution in [0.2, 0.25) is 0 Å². The summed E-state index contributed by atoms with van der Waals surface area (Å²) < 4.78 is 13.6. The molecule has 2 aromatic heterocycles. The SMILES string of the molecule is COc1cc(-c2cn3cc(-c4ccccc4)ccc3n2)ccc1OCc1ccccc1. The van der Waals surface area contributed by atoms with Gasteiger partial charge in [0.25, 0.3) is 0 Å². The first-order valence-electron chi connectivity index (χ1n) is 10.2. The van der Waals surface area contributed by atoms with E-state index in [9.17, 15) is 0 Å². The number of methoxy groups -OCH3 is 1. The minimum Gasteiger partial charge on any atom is -0.493 e. The van der Waals surface area contributed by atoms with E-state index in [0.717, 1.165) is 28.0 Å². The van der Waals surface area contributed by atoms with Crippen molar-refractivity contribution in [3.05, 3.63) is 109 Å². The number of rotatable bonds is 6. The highest BCUT2D eigenvalue weighted by Gasteiger charge is 2.11. The summed E-state index contributed by atoms with van der Waals surface area (Å²) in [5.41, 5.74) is 6.22. The summed E-state index contributed by atoms with van der Waals surface area (Å²) in [5.74, 6) is 1.40. The van der Waals surface area contributed by atoms with Crippen LogP contribution >= 0.6 is 0 Å². The van der Waals surface area contributed by atoms with Crippen molar-refractivity contribution in [2.24, 2.45) is 0 Å². The van der Waals surface area contributed by atoms with Gasteiger partial charge in [-0.05, 0) is 47.0 Å². The first-order valence-corrected chi connectivity index (χ1v) is 10.2. The van der Waals surface area contributed by atoms with Gasteiger partial charge in [-0.25, -0.2) is 4.98 Å². The van der Waals surface area contributed by atoms with E-state index in [2.05, 4.69) is 28.8 Å². The number of benzene rings is 3. The highest BCUT2D eigenvalue weighted by molar-refractivity contribution is 5.69. The van der Waals surface area contributed by atoms with Crippen LogP contribution in [0.4, 0.5) is 0 Å². The van der Waals surface area contributed by atoms with Gasteiger partial charge in [0.2, 0.25) is 0 Å². The van der Waals surface area contributed by atoms with E-state index in [1.807, 2.05) is 79.0 Å². The van der Waals surface area contributed by atoms with Gasteiger partial charge in [0.05, 0.1) is 12.8 Å². The fourth-order valence-corrected chi connectivity index (χ4v) is 3.61. The third-order valence-electron chi connectivity index (χ3n) is 5.25. The Kier molecular flexibility index (Phi) is 5.11. The molecule has 0 unspecified atom stereocenters. The number of hydrogen-bond acceptors (Lipinski definition) is 3. The van der Waals surface area contributed by atoms with Crippen LogP contribution in [0.5, 0.6) is 11.5 Å². The predicted octanol–water partition coefficient (Wildman–Crippen LogP) is 6.26. The molecule has 0 N–H and O–H groups in total. The van der Waals surface area contributed by atoms with Gasteiger partial charge in [0, 0.05) is 18.0 Å². The Hall–Kier alpha value is -4.05. The third-order valence-corrected chi connectivity index (χ3v) is 5.25. The maximum absolute atomic E-state index is 5.98. The molecule has 0 aliphatic heterocycles. The van der Waals surface area contributed by atoms with E-state index in [1.54, 1.807) is 7.11 Å². The van der Waals surface area contributed by atoms with Gasteiger partial charge in [-0.15, -0.1) is 0 Å². The Morgan fingerprint density at radius 3 is 2.23 bits per heavy atom. The molecule has 3 aromatic carbocycles. The molecule has 0 atom stereocenters. The summed E-state index contributed by atoms with van der Waals surface area (Å²) >= 11 is 0. The van der Waals surface area contributed by atoms with Crippen LogP contribution < -0.4 is 9.47 Å². The van der Waals surface area contributed by atoms with Crippen LogP contribution in [0.1, 0.15) is 5.56 Å². The molecular weight excluding hydrogens is 384 g/mol. The number of hydrogen-bond donors (Lipinski definition) is 0. The lowest BCUT2D eigenvalue weighted by molar-refractivity contribution is 0.284. The van der Waals surface area contributed by atoms with Crippen molar-refractivity contribution in [3.63, 3.8) is 0 Å². The van der Waals surface area contributed by atoms with Crippen molar-refractivity contribution < 1.29 is 9.47 Å². The Labute approximate surface area is 181 Å². The first-order chi connectivity index (χ1) is 15.3. The van der Waals surface area contributed by atoms with Crippen molar-refractivity contribution >= 4 is 5.65 Å². The molecule has 0 saturated heterocycles. The van der Waals surface area contributed by atoms with E-state index in [0.29, 0.717) is 18.1 Å². The van der Waals surface area contributed by atoms with E-state index < -0.39 is 0 Å². The maximum Gasteiger partial charge on any atom is 0.161 e. The van der Waals surface area contributed by atoms with Crippen LogP contribution in [-0.2, 0) is 6.61 Å². The lowest BCUT2D eigenvalue weighted by atomic mass is 10.1. The van der Waals surface area contributed by atoms with Crippen LogP contribution in [0.3, 0.4) is 0 Å². The molecule has 152 valence electrons. The molecule has 0 aliphatic carbocycles. The van der Waals surface area contributed by atoms with E-state index in [-0.39, 0.29) is 0 Å². The molecule has 4 nitrogen and oxygen atoms in total. The quantitative estimate of drug-likeness (QED) is 0.334. The summed E-state index contributed by atoms with van der Waals surface area (Å²) in [5, 5.41) is 0. The van der Waals surface area contributed by atoms with E-state index in [1.165, 1.54) is 5.56 Å². The van der Waals surface area contributed by atoms with Gasteiger partial charge < -0.3 is 13.9 Å². The maximum atomic E-state index is 5.98. The van der Waals surface area contributed by atoms with Crippen molar-refractivity contribution in [2.45, 2.75) is 6.61 Å². The minimum atomic E-state index is 0.493. The first kappa shape index (κ1) is 18.9. The van der Waals surface area contributed by atoms with Gasteiger partial charge in [0.1, 0.15) is 12.3 Å². The Bertz CT molecular complexity index is 1310. The zero-order chi connectivity index (χ0) is 21.0. The smallest absolute Gasteiger partial charge is 0.161 e. The molecule has 2 heterocycles. The molecule has 4 heteroatoms. The van der Waals surface area contributed by atoms with Crippen LogP contribution in [-0.4, -0.2) is 16.5 Å². The lowest BCUT2D eigenvalue weighted by Crippen LogP contribution is -1.97. The Morgan fingerprint density at radius 2 is 1.45 bits per heavy atom. The average Bonchev–Trinajstić information content (AvgIpc) is 3.27. The molecule has 0 bridgehead atoms. The molecule has 0 amide bonds. The second-order valence-corrected chi connectivity index (χ2v) is 7.32. The van der Waals surface area contributed by atoms with Crippen LogP contribution in [0.15, 0.2) is 103 Å². The fraction of sp³-hybridized carbons (Fsp3) is 0.0741. The number of nitrogens with zero attached hydrogens (tertiary/aromatic N) is 2. The summed E-state index contributed by atoms with van der Waals surface area (Å²) in [6.45, 7) is 0.493. The summed E-state index contributed by atoms with van der Waals surface area (Å²) in [4.78, 5) is 4.78. The molecular formula is C27H22N2O2. The normalized spacial score (nSPS) is 10.9. The monoisotopic (exact) mass is 406 g/mol. The highest BCUT2D eigenvalue weighted by Crippen LogP contribution is 2.33. The van der Waals surface area contributed by atoms with Gasteiger partial charge in [-0.2, -0.15) is 0 Å². The second-order valence-electron chi connectivity index (χ2n) is 7.32. The van der Waals surface area contributed by atoms with Crippen molar-refractivity contribution in [1.29, 1.82) is 0 Å². The summed E-state index contributed by atoms with van der Waals surface area (Å²) in [6.07, 6.45) is 4.15. The van der Waals surface area contributed by atoms with E-state index >= 15 is 0 Å². The zero-order valence-electron chi connectivity index (χ0n) is 17.2. The fourth-order valence-electron chi connectivity index (χ4n) is 3.61. The lowest BCUT2D eigenvalue weighted by Gasteiger charge is -2.11. The van der Waals surface area contributed by atoms with Gasteiger partial charge in [0.15, 0.2) is 11.5 Å². The van der Waals surface area contributed by atoms with Crippen molar-refractivity contribution in [1.82, 2.24) is 9.38 Å². The van der Waals surface area contributed by atoms with Crippen molar-refractivity contribution in [3.8, 4) is 33.9 Å². The Balaban J connectivity index is 1.42. The molecule has 31 heavy (non-hydrogen) atoms. The number of ether oxygens (including phenoxy) is 2. The average molecular weight is 406 g/mol. The van der Waals surface area contributed by atoms with Crippen LogP contribution in [0.25, 0.3) is 28.0 Å². The predicted molar refractivity (Wildman–Crippen MR) is 123 cm³/mol. The summed E-state index contributed by atoms with van der Waals surface area (Å²) in [6, 6.07) is 30.5. The number of fused-ring (bicyclic) bond motifs is 1. The molecule has 0 saturated carbocycles. The summed E-state index contributed by atoms with van der Waals surface area (Å²) in [7, 11) is 1.66. The minimum absolute atomic E-state index is 0.493. The number of imidazole rings is 1. The van der Waals surface area contributed by atoms with Crippen LogP contribution in [0, 0.1) is 0 Å².